The summed E-state index contributed by atoms with van der Waals surface area (Å²) < 4.78 is 11.6. The molecule has 0 aliphatic rings. The van der Waals surface area contributed by atoms with E-state index in [1.165, 1.54) is 0 Å². The fraction of sp³-hybridized carbons (Fsp3) is 0.269. The summed E-state index contributed by atoms with van der Waals surface area (Å²) in [5, 5.41) is 11.7. The van der Waals surface area contributed by atoms with Gasteiger partial charge in [-0.25, -0.2) is 4.98 Å². The Morgan fingerprint density at radius 3 is 2.42 bits per heavy atom. The standard InChI is InChI=1S/C26H24Cl2N2O3/c1-16(2)25(17(3)14-23(27)28)26(31)33-22(15-29)20-11-7-13-24(30-20)32-21-12-6-9-18-8-4-5-10-19(18)21/h4-14,16-17,22,25H,1-3H3. The Hall–Kier alpha value is -3.07. The molecule has 0 saturated carbocycles. The lowest BCUT2D eigenvalue weighted by Crippen LogP contribution is -2.29. The van der Waals surface area contributed by atoms with E-state index in [1.54, 1.807) is 24.3 Å². The van der Waals surface area contributed by atoms with Crippen LogP contribution in [0.1, 0.15) is 32.6 Å². The van der Waals surface area contributed by atoms with E-state index in [2.05, 4.69) is 4.98 Å². The Morgan fingerprint density at radius 2 is 1.73 bits per heavy atom. The van der Waals surface area contributed by atoms with Gasteiger partial charge in [-0.05, 0) is 29.4 Å². The molecule has 1 heterocycles. The number of nitrogens with zero attached hydrogens (tertiary/aromatic N) is 2. The van der Waals surface area contributed by atoms with Gasteiger partial charge in [0.15, 0.2) is 0 Å². The van der Waals surface area contributed by atoms with Crippen LogP contribution in [0.3, 0.4) is 0 Å². The number of ether oxygens (including phenoxy) is 2. The molecule has 0 bridgehead atoms. The number of rotatable bonds is 8. The monoisotopic (exact) mass is 482 g/mol. The number of aromatic nitrogens is 1. The lowest BCUT2D eigenvalue weighted by Gasteiger charge is -2.24. The van der Waals surface area contributed by atoms with E-state index in [4.69, 9.17) is 32.7 Å². The number of nitriles is 1. The number of pyridine rings is 1. The van der Waals surface area contributed by atoms with Crippen molar-refractivity contribution >= 4 is 39.9 Å². The van der Waals surface area contributed by atoms with Crippen molar-refractivity contribution < 1.29 is 14.3 Å². The smallest absolute Gasteiger partial charge is 0.311 e. The molecule has 0 spiro atoms. The van der Waals surface area contributed by atoms with Gasteiger partial charge in [0.1, 0.15) is 16.3 Å². The van der Waals surface area contributed by atoms with E-state index in [0.29, 0.717) is 11.6 Å². The lowest BCUT2D eigenvalue weighted by molar-refractivity contribution is -0.155. The summed E-state index contributed by atoms with van der Waals surface area (Å²) in [6, 6.07) is 20.6. The average molecular weight is 483 g/mol. The number of carbonyl (C=O) groups is 1. The van der Waals surface area contributed by atoms with Crippen molar-refractivity contribution in [3.63, 3.8) is 0 Å². The number of benzene rings is 2. The van der Waals surface area contributed by atoms with Crippen LogP contribution in [-0.2, 0) is 9.53 Å². The predicted molar refractivity (Wildman–Crippen MR) is 130 cm³/mol. The van der Waals surface area contributed by atoms with E-state index < -0.39 is 18.0 Å². The summed E-state index contributed by atoms with van der Waals surface area (Å²) in [4.78, 5) is 17.3. The molecule has 0 aliphatic carbocycles. The summed E-state index contributed by atoms with van der Waals surface area (Å²) in [6.45, 7) is 5.63. The van der Waals surface area contributed by atoms with Crippen molar-refractivity contribution in [1.82, 2.24) is 4.98 Å². The number of hydrogen-bond acceptors (Lipinski definition) is 5. The van der Waals surface area contributed by atoms with E-state index in [9.17, 15) is 10.1 Å². The van der Waals surface area contributed by atoms with Crippen LogP contribution in [0.25, 0.3) is 10.8 Å². The molecule has 0 amide bonds. The first-order valence-corrected chi connectivity index (χ1v) is 11.3. The van der Waals surface area contributed by atoms with Crippen LogP contribution < -0.4 is 4.74 Å². The quantitative estimate of drug-likeness (QED) is 0.313. The third-order valence-corrected chi connectivity index (χ3v) is 5.53. The van der Waals surface area contributed by atoms with Gasteiger partial charge in [0, 0.05) is 11.5 Å². The van der Waals surface area contributed by atoms with Crippen LogP contribution >= 0.6 is 23.2 Å². The van der Waals surface area contributed by atoms with Crippen molar-refractivity contribution in [1.29, 1.82) is 5.26 Å². The minimum atomic E-state index is -1.18. The fourth-order valence-corrected chi connectivity index (χ4v) is 4.17. The molecule has 170 valence electrons. The molecule has 0 aliphatic heterocycles. The molecule has 33 heavy (non-hydrogen) atoms. The molecule has 3 aromatic rings. The van der Waals surface area contributed by atoms with Crippen molar-refractivity contribution in [2.24, 2.45) is 17.8 Å². The molecule has 0 saturated heterocycles. The molecular weight excluding hydrogens is 459 g/mol. The number of fused-ring (bicyclic) bond motifs is 1. The lowest BCUT2D eigenvalue weighted by atomic mass is 9.84. The summed E-state index contributed by atoms with van der Waals surface area (Å²) in [5.74, 6) is -0.423. The van der Waals surface area contributed by atoms with Crippen LogP contribution in [0.2, 0.25) is 0 Å². The Kier molecular flexibility index (Phi) is 8.32. The highest BCUT2D eigenvalue weighted by atomic mass is 35.5. The molecule has 0 radical (unpaired) electrons. The third-order valence-electron chi connectivity index (χ3n) is 5.27. The van der Waals surface area contributed by atoms with Crippen molar-refractivity contribution in [2.45, 2.75) is 26.9 Å². The molecule has 7 heteroatoms. The van der Waals surface area contributed by atoms with Gasteiger partial charge in [-0.2, -0.15) is 5.26 Å². The first-order chi connectivity index (χ1) is 15.8. The Bertz CT molecular complexity index is 1190. The minimum Gasteiger partial charge on any atom is -0.440 e. The predicted octanol–water partition coefficient (Wildman–Crippen LogP) is 7.36. The number of carbonyl (C=O) groups excluding carboxylic acids is 1. The van der Waals surface area contributed by atoms with Gasteiger partial charge in [-0.15, -0.1) is 0 Å². The highest BCUT2D eigenvalue weighted by molar-refractivity contribution is 6.55. The first-order valence-electron chi connectivity index (χ1n) is 10.6. The van der Waals surface area contributed by atoms with Gasteiger partial charge in [-0.3, -0.25) is 4.79 Å². The average Bonchev–Trinajstić information content (AvgIpc) is 2.77. The second kappa shape index (κ2) is 11.2. The molecular formula is C26H24Cl2N2O3. The van der Waals surface area contributed by atoms with Crippen LogP contribution in [0.15, 0.2) is 71.2 Å². The van der Waals surface area contributed by atoms with Gasteiger partial charge in [0.2, 0.25) is 12.0 Å². The van der Waals surface area contributed by atoms with Crippen LogP contribution in [0, 0.1) is 29.1 Å². The minimum absolute atomic E-state index is 0.0511. The number of halogens is 2. The highest BCUT2D eigenvalue weighted by Crippen LogP contribution is 2.31. The SMILES string of the molecule is CC(C)C(C(=O)OC(C#N)c1cccc(Oc2cccc3ccccc23)n1)C(C)C=C(Cl)Cl. The zero-order valence-corrected chi connectivity index (χ0v) is 20.0. The first kappa shape index (κ1) is 24.6. The zero-order chi connectivity index (χ0) is 24.0. The van der Waals surface area contributed by atoms with Gasteiger partial charge in [0.05, 0.1) is 11.6 Å². The summed E-state index contributed by atoms with van der Waals surface area (Å²) in [6.07, 6.45) is 0.408. The Labute approximate surface area is 203 Å². The normalized spacial score (nSPS) is 13.6. The molecule has 1 aromatic heterocycles. The third kappa shape index (κ3) is 6.25. The molecule has 0 N–H and O–H groups in total. The maximum absolute atomic E-state index is 12.9. The number of esters is 1. The van der Waals surface area contributed by atoms with Gasteiger partial charge < -0.3 is 9.47 Å². The second-order valence-corrected chi connectivity index (χ2v) is 9.02. The number of allylic oxidation sites excluding steroid dienone is 1. The summed E-state index contributed by atoms with van der Waals surface area (Å²) in [7, 11) is 0. The van der Waals surface area contributed by atoms with E-state index in [1.807, 2.05) is 69.3 Å². The molecule has 3 rings (SSSR count). The van der Waals surface area contributed by atoms with Crippen molar-refractivity contribution in [3.8, 4) is 17.7 Å². The maximum Gasteiger partial charge on any atom is 0.311 e. The summed E-state index contributed by atoms with van der Waals surface area (Å²) in [5.41, 5.74) is 0.282. The zero-order valence-electron chi connectivity index (χ0n) is 18.5. The van der Waals surface area contributed by atoms with E-state index in [-0.39, 0.29) is 22.0 Å². The fourth-order valence-electron chi connectivity index (χ4n) is 3.77. The second-order valence-electron chi connectivity index (χ2n) is 8.01. The summed E-state index contributed by atoms with van der Waals surface area (Å²) >= 11 is 11.5. The van der Waals surface area contributed by atoms with Crippen LogP contribution in [-0.4, -0.2) is 11.0 Å². The molecule has 2 aromatic carbocycles. The largest absolute Gasteiger partial charge is 0.440 e. The number of hydrogen-bond donors (Lipinski definition) is 0. The molecule has 3 unspecified atom stereocenters. The van der Waals surface area contributed by atoms with Crippen molar-refractivity contribution in [2.75, 3.05) is 0 Å². The van der Waals surface area contributed by atoms with Gasteiger partial charge in [-0.1, -0.05) is 92.5 Å². The molecule has 3 atom stereocenters. The topological polar surface area (TPSA) is 72.2 Å². The van der Waals surface area contributed by atoms with Gasteiger partial charge >= 0.3 is 5.97 Å². The molecule has 5 nitrogen and oxygen atoms in total. The Morgan fingerprint density at radius 1 is 1.03 bits per heavy atom. The van der Waals surface area contributed by atoms with E-state index >= 15 is 0 Å². The van der Waals surface area contributed by atoms with Crippen molar-refractivity contribution in [3.05, 3.63) is 76.9 Å². The van der Waals surface area contributed by atoms with Gasteiger partial charge in [0.25, 0.3) is 0 Å². The Balaban J connectivity index is 1.82. The van der Waals surface area contributed by atoms with E-state index in [0.717, 1.165) is 10.8 Å². The van der Waals surface area contributed by atoms with Crippen LogP contribution in [0.4, 0.5) is 0 Å². The van der Waals surface area contributed by atoms with Crippen LogP contribution in [0.5, 0.6) is 11.6 Å². The molecule has 0 fully saturated rings. The highest BCUT2D eigenvalue weighted by Gasteiger charge is 2.31. The maximum atomic E-state index is 12.9.